The Morgan fingerprint density at radius 2 is 2.07 bits per heavy atom. The molecule has 1 aliphatic heterocycles. The second kappa shape index (κ2) is 8.79. The molecule has 2 aromatic heterocycles. The van der Waals surface area contributed by atoms with Crippen molar-refractivity contribution < 1.29 is 19.3 Å². The molecule has 0 unspecified atom stereocenters. The van der Waals surface area contributed by atoms with Crippen LogP contribution < -0.4 is 15.5 Å². The third kappa shape index (κ3) is 4.52. The molecule has 28 heavy (non-hydrogen) atoms. The molecule has 2 N–H and O–H groups in total. The maximum Gasteiger partial charge on any atom is 0.434 e. The number of hydrogen-bond acceptors (Lipinski definition) is 10. The lowest BCUT2D eigenvalue weighted by atomic mass is 10.1. The van der Waals surface area contributed by atoms with Gasteiger partial charge in [0.2, 0.25) is 17.6 Å². The van der Waals surface area contributed by atoms with E-state index in [1.54, 1.807) is 18.3 Å². The van der Waals surface area contributed by atoms with Crippen molar-refractivity contribution in [2.24, 2.45) is 0 Å². The van der Waals surface area contributed by atoms with Gasteiger partial charge in [0.1, 0.15) is 11.9 Å². The van der Waals surface area contributed by atoms with Crippen LogP contribution in [0.15, 0.2) is 24.5 Å². The Bertz CT molecular complexity index is 857. The minimum absolute atomic E-state index is 0.0356. The zero-order chi connectivity index (χ0) is 19.9. The fourth-order valence-electron chi connectivity index (χ4n) is 2.65. The number of nitrogens with one attached hydrogen (secondary N) is 2. The summed E-state index contributed by atoms with van der Waals surface area (Å²) in [6.07, 6.45) is 4.79. The SMILES string of the molecule is COc1ncccc1Nc1ncc([N+](=O)[O-])c(NOC(=O)N2CCCCC2)n1. The molecule has 148 valence electrons. The van der Waals surface area contributed by atoms with Crippen molar-refractivity contribution in [2.45, 2.75) is 19.3 Å². The van der Waals surface area contributed by atoms with Crippen molar-refractivity contribution in [1.82, 2.24) is 19.9 Å². The molecule has 3 heterocycles. The lowest BCUT2D eigenvalue weighted by Crippen LogP contribution is -2.37. The van der Waals surface area contributed by atoms with E-state index in [2.05, 4.69) is 25.7 Å². The Labute approximate surface area is 160 Å². The number of piperidine rings is 1. The van der Waals surface area contributed by atoms with Gasteiger partial charge < -0.3 is 19.8 Å². The van der Waals surface area contributed by atoms with E-state index >= 15 is 0 Å². The summed E-state index contributed by atoms with van der Waals surface area (Å²) in [6.45, 7) is 1.17. The van der Waals surface area contributed by atoms with Crippen LogP contribution in [0.4, 0.5) is 27.9 Å². The molecular weight excluding hydrogens is 370 g/mol. The number of amides is 1. The van der Waals surface area contributed by atoms with E-state index in [0.29, 0.717) is 24.7 Å². The largest absolute Gasteiger partial charge is 0.480 e. The van der Waals surface area contributed by atoms with E-state index in [0.717, 1.165) is 25.5 Å². The molecule has 0 saturated carbocycles. The van der Waals surface area contributed by atoms with Gasteiger partial charge in [-0.1, -0.05) is 0 Å². The average Bonchev–Trinajstić information content (AvgIpc) is 2.73. The number of ether oxygens (including phenoxy) is 1. The van der Waals surface area contributed by atoms with Gasteiger partial charge >= 0.3 is 11.8 Å². The molecule has 2 aromatic rings. The minimum Gasteiger partial charge on any atom is -0.480 e. The van der Waals surface area contributed by atoms with Crippen molar-refractivity contribution in [3.05, 3.63) is 34.6 Å². The number of nitrogens with zero attached hydrogens (tertiary/aromatic N) is 5. The standard InChI is InChI=1S/C16H19N7O5/c1-27-14-11(6-5-7-17-14)19-15-18-10-12(23(25)26)13(20-15)21-28-16(24)22-8-3-2-4-9-22/h5-7,10H,2-4,8-9H2,1H3,(H2,18,19,20,21). The van der Waals surface area contributed by atoms with Crippen molar-refractivity contribution >= 4 is 29.2 Å². The maximum atomic E-state index is 12.1. The van der Waals surface area contributed by atoms with Crippen LogP contribution in [0.3, 0.4) is 0 Å². The van der Waals surface area contributed by atoms with Crippen molar-refractivity contribution in [2.75, 3.05) is 31.0 Å². The van der Waals surface area contributed by atoms with E-state index in [4.69, 9.17) is 9.57 Å². The average molecular weight is 389 g/mol. The summed E-state index contributed by atoms with van der Waals surface area (Å²) < 4.78 is 5.13. The number of pyridine rings is 1. The zero-order valence-corrected chi connectivity index (χ0v) is 15.1. The lowest BCUT2D eigenvalue weighted by molar-refractivity contribution is -0.384. The first kappa shape index (κ1) is 19.1. The fraction of sp³-hybridized carbons (Fsp3) is 0.375. The van der Waals surface area contributed by atoms with Crippen molar-refractivity contribution in [1.29, 1.82) is 0 Å². The van der Waals surface area contributed by atoms with Crippen LogP contribution in [-0.2, 0) is 4.84 Å². The second-order valence-corrected chi connectivity index (χ2v) is 5.89. The highest BCUT2D eigenvalue weighted by Gasteiger charge is 2.22. The number of hydrogen-bond donors (Lipinski definition) is 2. The topological polar surface area (TPSA) is 145 Å². The number of anilines is 3. The van der Waals surface area contributed by atoms with Crippen LogP contribution in [0.1, 0.15) is 19.3 Å². The molecule has 0 bridgehead atoms. The Kier molecular flexibility index (Phi) is 5.99. The summed E-state index contributed by atoms with van der Waals surface area (Å²) in [5.41, 5.74) is 2.31. The van der Waals surface area contributed by atoms with E-state index in [1.165, 1.54) is 12.0 Å². The van der Waals surface area contributed by atoms with Crippen LogP contribution >= 0.6 is 0 Å². The fourth-order valence-corrected chi connectivity index (χ4v) is 2.65. The monoisotopic (exact) mass is 389 g/mol. The van der Waals surface area contributed by atoms with Crippen LogP contribution in [0, 0.1) is 10.1 Å². The molecule has 1 amide bonds. The molecule has 0 aromatic carbocycles. The van der Waals surface area contributed by atoms with Gasteiger partial charge in [-0.05, 0) is 31.4 Å². The molecule has 0 aliphatic carbocycles. The molecule has 12 nitrogen and oxygen atoms in total. The predicted octanol–water partition coefficient (Wildman–Crippen LogP) is 2.48. The Hall–Kier alpha value is -3.70. The number of aromatic nitrogens is 3. The molecule has 1 fully saturated rings. The van der Waals surface area contributed by atoms with E-state index < -0.39 is 16.7 Å². The zero-order valence-electron chi connectivity index (χ0n) is 15.1. The van der Waals surface area contributed by atoms with Crippen molar-refractivity contribution in [3.63, 3.8) is 0 Å². The first-order valence-corrected chi connectivity index (χ1v) is 8.57. The summed E-state index contributed by atoms with van der Waals surface area (Å²) >= 11 is 0. The molecule has 3 rings (SSSR count). The van der Waals surface area contributed by atoms with Gasteiger partial charge in [0.15, 0.2) is 0 Å². The third-order valence-corrected chi connectivity index (χ3v) is 4.03. The van der Waals surface area contributed by atoms with Gasteiger partial charge in [-0.25, -0.2) is 14.8 Å². The lowest BCUT2D eigenvalue weighted by Gasteiger charge is -2.25. The van der Waals surface area contributed by atoms with Gasteiger partial charge in [-0.3, -0.25) is 10.1 Å². The number of carbonyl (C=O) groups excluding carboxylic acids is 1. The summed E-state index contributed by atoms with van der Waals surface area (Å²) in [7, 11) is 1.46. The Morgan fingerprint density at radius 3 is 2.79 bits per heavy atom. The number of nitro groups is 1. The van der Waals surface area contributed by atoms with Gasteiger partial charge in [0.25, 0.3) is 0 Å². The highest BCUT2D eigenvalue weighted by atomic mass is 16.7. The van der Waals surface area contributed by atoms with E-state index in [-0.39, 0.29) is 11.8 Å². The summed E-state index contributed by atoms with van der Waals surface area (Å²) in [4.78, 5) is 41.1. The first-order chi connectivity index (χ1) is 13.6. The number of rotatable bonds is 6. The van der Waals surface area contributed by atoms with Crippen LogP contribution in [-0.4, -0.2) is 51.1 Å². The summed E-state index contributed by atoms with van der Waals surface area (Å²) in [6, 6.07) is 3.36. The molecule has 1 aliphatic rings. The van der Waals surface area contributed by atoms with Crippen LogP contribution in [0.5, 0.6) is 5.88 Å². The van der Waals surface area contributed by atoms with Crippen LogP contribution in [0.2, 0.25) is 0 Å². The normalized spacial score (nSPS) is 13.5. The molecular formula is C16H19N7O5. The molecule has 12 heteroatoms. The van der Waals surface area contributed by atoms with Gasteiger partial charge in [-0.2, -0.15) is 10.5 Å². The number of likely N-dealkylation sites (tertiary alicyclic amines) is 1. The van der Waals surface area contributed by atoms with Crippen LogP contribution in [0.25, 0.3) is 0 Å². The maximum absolute atomic E-state index is 12.1. The minimum atomic E-state index is -0.675. The number of methoxy groups -OCH3 is 1. The summed E-state index contributed by atoms with van der Waals surface area (Å²) in [5, 5.41) is 14.1. The van der Waals surface area contributed by atoms with Gasteiger partial charge in [0.05, 0.1) is 12.0 Å². The second-order valence-electron chi connectivity index (χ2n) is 5.89. The van der Waals surface area contributed by atoms with Gasteiger partial charge in [-0.15, -0.1) is 0 Å². The van der Waals surface area contributed by atoms with Gasteiger partial charge in [0, 0.05) is 19.3 Å². The number of carbonyl (C=O) groups is 1. The summed E-state index contributed by atoms with van der Waals surface area (Å²) in [5.74, 6) is 0.0830. The third-order valence-electron chi connectivity index (χ3n) is 4.03. The predicted molar refractivity (Wildman–Crippen MR) is 98.3 cm³/mol. The molecule has 0 radical (unpaired) electrons. The Balaban J connectivity index is 1.75. The smallest absolute Gasteiger partial charge is 0.434 e. The highest BCUT2D eigenvalue weighted by molar-refractivity contribution is 5.70. The van der Waals surface area contributed by atoms with E-state index in [9.17, 15) is 14.9 Å². The van der Waals surface area contributed by atoms with E-state index in [1.807, 2.05) is 0 Å². The first-order valence-electron chi connectivity index (χ1n) is 8.57. The molecule has 0 atom stereocenters. The Morgan fingerprint density at radius 1 is 1.29 bits per heavy atom. The quantitative estimate of drug-likeness (QED) is 0.558. The highest BCUT2D eigenvalue weighted by Crippen LogP contribution is 2.26. The van der Waals surface area contributed by atoms with Crippen molar-refractivity contribution in [3.8, 4) is 5.88 Å². The molecule has 0 spiro atoms. The molecule has 1 saturated heterocycles.